The summed E-state index contributed by atoms with van der Waals surface area (Å²) in [6.07, 6.45) is 4.20. The summed E-state index contributed by atoms with van der Waals surface area (Å²) in [6, 6.07) is 10.9. The molecule has 33 heavy (non-hydrogen) atoms. The van der Waals surface area contributed by atoms with Crippen LogP contribution in [0, 0.1) is 5.92 Å². The number of aliphatic hydroxyl groups is 1. The number of rotatable bonds is 11. The molecule has 0 aliphatic carbocycles. The van der Waals surface area contributed by atoms with Crippen LogP contribution in [0.2, 0.25) is 0 Å². The molecule has 2 atom stereocenters. The number of imidazole rings is 1. The van der Waals surface area contributed by atoms with Gasteiger partial charge in [0.2, 0.25) is 0 Å². The monoisotopic (exact) mass is 465 g/mol. The van der Waals surface area contributed by atoms with Gasteiger partial charge in [0.1, 0.15) is 11.3 Å². The Kier molecular flexibility index (Phi) is 7.63. The number of anilines is 1. The molecule has 4 N–H and O–H groups in total. The zero-order valence-electron chi connectivity index (χ0n) is 19.8. The molecule has 0 bridgehead atoms. The quantitative estimate of drug-likeness (QED) is 0.286. The molecule has 4 aromatic rings. The lowest BCUT2D eigenvalue weighted by molar-refractivity contribution is 0.201. The molecule has 3 heterocycles. The Balaban J connectivity index is 1.60. The number of nitrogen functional groups attached to an aromatic ring is 1. The van der Waals surface area contributed by atoms with Gasteiger partial charge < -0.3 is 20.7 Å². The molecule has 7 heteroatoms. The highest BCUT2D eigenvalue weighted by molar-refractivity contribution is 7.18. The van der Waals surface area contributed by atoms with E-state index in [1.54, 1.807) is 11.3 Å². The van der Waals surface area contributed by atoms with E-state index in [0.29, 0.717) is 11.7 Å². The van der Waals surface area contributed by atoms with Crippen LogP contribution in [-0.4, -0.2) is 32.3 Å². The van der Waals surface area contributed by atoms with E-state index in [-0.39, 0.29) is 12.6 Å². The number of fused-ring (bicyclic) bond motifs is 3. The smallest absolute Gasteiger partial charge is 0.152 e. The zero-order chi connectivity index (χ0) is 23.4. The van der Waals surface area contributed by atoms with Crippen molar-refractivity contribution in [2.24, 2.45) is 5.92 Å². The van der Waals surface area contributed by atoms with Gasteiger partial charge in [0, 0.05) is 25.6 Å². The van der Waals surface area contributed by atoms with Crippen LogP contribution in [0.3, 0.4) is 0 Å². The highest BCUT2D eigenvalue weighted by atomic mass is 32.1. The maximum atomic E-state index is 9.66. The number of aryl methyl sites for hydroxylation is 1. The van der Waals surface area contributed by atoms with Crippen LogP contribution < -0.4 is 11.1 Å². The maximum absolute atomic E-state index is 9.66. The van der Waals surface area contributed by atoms with Crippen molar-refractivity contribution in [1.29, 1.82) is 0 Å². The normalized spacial score (nSPS) is 13.7. The van der Waals surface area contributed by atoms with Crippen LogP contribution >= 0.6 is 11.3 Å². The van der Waals surface area contributed by atoms with Crippen molar-refractivity contribution < 1.29 is 5.11 Å². The molecular formula is C26H35N5OS. The summed E-state index contributed by atoms with van der Waals surface area (Å²) in [4.78, 5) is 9.49. The number of nitrogens with one attached hydrogen (secondary N) is 1. The number of thiophene rings is 1. The van der Waals surface area contributed by atoms with Crippen LogP contribution in [-0.2, 0) is 19.5 Å². The molecule has 3 aromatic heterocycles. The third-order valence-corrected chi connectivity index (χ3v) is 7.51. The number of pyridine rings is 1. The molecule has 0 radical (unpaired) electrons. The number of nitrogens with zero attached hydrogens (tertiary/aromatic N) is 3. The molecule has 6 nitrogen and oxygen atoms in total. The number of unbranched alkanes of at least 4 members (excludes halogenated alkanes) is 1. The Morgan fingerprint density at radius 2 is 1.88 bits per heavy atom. The number of hydrogen-bond donors (Lipinski definition) is 3. The number of nitrogens with two attached hydrogens (primary N) is 1. The van der Waals surface area contributed by atoms with E-state index in [4.69, 9.17) is 10.7 Å². The summed E-state index contributed by atoms with van der Waals surface area (Å²) in [5, 5.41) is 15.2. The Morgan fingerprint density at radius 3 is 2.58 bits per heavy atom. The molecule has 0 saturated carbocycles. The van der Waals surface area contributed by atoms with Crippen LogP contribution in [0.4, 0.5) is 5.82 Å². The van der Waals surface area contributed by atoms with Gasteiger partial charge in [-0.15, -0.1) is 11.3 Å². The first-order valence-corrected chi connectivity index (χ1v) is 12.9. The Labute approximate surface area is 199 Å². The molecule has 0 fully saturated rings. The summed E-state index contributed by atoms with van der Waals surface area (Å²) < 4.78 is 3.48. The number of hydrogen-bond acceptors (Lipinski definition) is 6. The largest absolute Gasteiger partial charge is 0.395 e. The van der Waals surface area contributed by atoms with E-state index < -0.39 is 0 Å². The number of aliphatic hydroxyl groups excluding tert-OH is 1. The summed E-state index contributed by atoms with van der Waals surface area (Å²) in [5.74, 6) is 2.03. The van der Waals surface area contributed by atoms with Gasteiger partial charge >= 0.3 is 0 Å². The minimum Gasteiger partial charge on any atom is -0.395 e. The summed E-state index contributed by atoms with van der Waals surface area (Å²) >= 11 is 1.70. The van der Waals surface area contributed by atoms with Gasteiger partial charge in [0.05, 0.1) is 22.3 Å². The molecule has 0 amide bonds. The summed E-state index contributed by atoms with van der Waals surface area (Å²) in [6.45, 7) is 8.21. The fraction of sp³-hybridized carbons (Fsp3) is 0.462. The van der Waals surface area contributed by atoms with Gasteiger partial charge in [-0.1, -0.05) is 57.9 Å². The van der Waals surface area contributed by atoms with Gasteiger partial charge in [-0.3, -0.25) is 0 Å². The first-order valence-electron chi connectivity index (χ1n) is 12.0. The molecule has 0 saturated heterocycles. The second-order valence-electron chi connectivity index (χ2n) is 8.92. The third kappa shape index (κ3) is 5.05. The average Bonchev–Trinajstić information content (AvgIpc) is 3.43. The van der Waals surface area contributed by atoms with Crippen LogP contribution in [0.15, 0.2) is 35.7 Å². The van der Waals surface area contributed by atoms with E-state index in [9.17, 15) is 5.11 Å². The summed E-state index contributed by atoms with van der Waals surface area (Å²) in [5.41, 5.74) is 11.6. The van der Waals surface area contributed by atoms with Crippen molar-refractivity contribution in [1.82, 2.24) is 19.9 Å². The maximum Gasteiger partial charge on any atom is 0.152 e. The predicted octanol–water partition coefficient (Wildman–Crippen LogP) is 5.12. The van der Waals surface area contributed by atoms with E-state index in [1.165, 1.54) is 11.1 Å². The standard InChI is InChI=1S/C26H35N5OS/c1-4-6-7-22-30-23-24(25-20(12-13-33-25)29-26(23)27)31(22)15-19-10-8-18(9-11-19)14-28-21(16-32)17(3)5-2/h8-13,17,21,28,32H,4-7,14-16H2,1-3H3,(H2,27,29). The van der Waals surface area contributed by atoms with E-state index in [2.05, 4.69) is 65.3 Å². The van der Waals surface area contributed by atoms with Gasteiger partial charge in [-0.25, -0.2) is 9.97 Å². The topological polar surface area (TPSA) is 89.0 Å². The van der Waals surface area contributed by atoms with Crippen molar-refractivity contribution in [3.8, 4) is 0 Å². The number of aromatic nitrogens is 3. The van der Waals surface area contributed by atoms with Crippen molar-refractivity contribution in [2.45, 2.75) is 65.6 Å². The predicted molar refractivity (Wildman–Crippen MR) is 139 cm³/mol. The van der Waals surface area contributed by atoms with E-state index in [1.807, 2.05) is 6.07 Å². The highest BCUT2D eigenvalue weighted by Crippen LogP contribution is 2.33. The number of benzene rings is 1. The average molecular weight is 466 g/mol. The minimum absolute atomic E-state index is 0.125. The molecule has 2 unspecified atom stereocenters. The highest BCUT2D eigenvalue weighted by Gasteiger charge is 2.18. The molecule has 176 valence electrons. The third-order valence-electron chi connectivity index (χ3n) is 6.60. The van der Waals surface area contributed by atoms with Crippen molar-refractivity contribution >= 4 is 38.4 Å². The second-order valence-corrected chi connectivity index (χ2v) is 9.84. The molecule has 0 aliphatic rings. The molecule has 4 rings (SSSR count). The summed E-state index contributed by atoms with van der Waals surface area (Å²) in [7, 11) is 0. The Morgan fingerprint density at radius 1 is 1.12 bits per heavy atom. The van der Waals surface area contributed by atoms with Gasteiger partial charge in [0.25, 0.3) is 0 Å². The lowest BCUT2D eigenvalue weighted by Gasteiger charge is -2.22. The van der Waals surface area contributed by atoms with E-state index >= 15 is 0 Å². The van der Waals surface area contributed by atoms with Gasteiger partial charge in [-0.2, -0.15) is 0 Å². The molecular weight excluding hydrogens is 430 g/mol. The molecule has 0 aliphatic heterocycles. The lowest BCUT2D eigenvalue weighted by Crippen LogP contribution is -2.37. The van der Waals surface area contributed by atoms with Crippen molar-refractivity contribution in [3.63, 3.8) is 0 Å². The Bertz CT molecular complexity index is 1200. The van der Waals surface area contributed by atoms with Crippen LogP contribution in [0.25, 0.3) is 21.3 Å². The van der Waals surface area contributed by atoms with Gasteiger partial charge in [0.15, 0.2) is 5.82 Å². The zero-order valence-corrected chi connectivity index (χ0v) is 20.7. The minimum atomic E-state index is 0.125. The Hall–Kier alpha value is -2.48. The first kappa shape index (κ1) is 23.7. The fourth-order valence-corrected chi connectivity index (χ4v) is 5.16. The first-order chi connectivity index (χ1) is 16.0. The van der Waals surface area contributed by atoms with Crippen LogP contribution in [0.5, 0.6) is 0 Å². The van der Waals surface area contributed by atoms with Crippen LogP contribution in [0.1, 0.15) is 57.0 Å². The lowest BCUT2D eigenvalue weighted by atomic mass is 9.99. The fourth-order valence-electron chi connectivity index (χ4n) is 4.28. The van der Waals surface area contributed by atoms with Crippen molar-refractivity contribution in [3.05, 3.63) is 52.7 Å². The SMILES string of the molecule is CCCCc1nc2c(N)nc3ccsc3c2n1Cc1ccc(CNC(CO)C(C)CC)cc1. The molecule has 0 spiro atoms. The molecule has 1 aromatic carbocycles. The second kappa shape index (κ2) is 10.6. The van der Waals surface area contributed by atoms with Gasteiger partial charge in [-0.05, 0) is 34.9 Å². The van der Waals surface area contributed by atoms with Crippen molar-refractivity contribution in [2.75, 3.05) is 12.3 Å². The van der Waals surface area contributed by atoms with E-state index in [0.717, 1.165) is 65.8 Å².